The van der Waals surface area contributed by atoms with Crippen molar-refractivity contribution in [3.63, 3.8) is 0 Å². The molecule has 2 aromatic rings. The summed E-state index contributed by atoms with van der Waals surface area (Å²) in [5, 5.41) is 0. The summed E-state index contributed by atoms with van der Waals surface area (Å²) in [6.07, 6.45) is 3.36. The molecule has 0 aliphatic heterocycles. The highest BCUT2D eigenvalue weighted by atomic mass is 16.5. The van der Waals surface area contributed by atoms with Gasteiger partial charge in [0.25, 0.3) is 0 Å². The molecule has 0 aliphatic rings. The standard InChI is InChI=1S/C13H14N2O/c1-2-16-13(11-7-3-5-9-14-11)12-8-4-6-10-15-12/h3-10,13H,2H2,1H3. The van der Waals surface area contributed by atoms with E-state index in [1.165, 1.54) is 0 Å². The molecule has 0 radical (unpaired) electrons. The highest BCUT2D eigenvalue weighted by Crippen LogP contribution is 2.21. The number of ether oxygens (including phenoxy) is 1. The number of hydrogen-bond acceptors (Lipinski definition) is 3. The molecule has 0 saturated carbocycles. The van der Waals surface area contributed by atoms with Gasteiger partial charge in [0.1, 0.15) is 6.10 Å². The van der Waals surface area contributed by atoms with Gasteiger partial charge < -0.3 is 4.74 Å². The molecular formula is C13H14N2O. The first kappa shape index (κ1) is 10.8. The van der Waals surface area contributed by atoms with Gasteiger partial charge in [-0.15, -0.1) is 0 Å². The molecular weight excluding hydrogens is 200 g/mol. The van der Waals surface area contributed by atoms with Crippen LogP contribution in [0.5, 0.6) is 0 Å². The minimum atomic E-state index is -0.174. The van der Waals surface area contributed by atoms with Crippen molar-refractivity contribution in [2.24, 2.45) is 0 Å². The van der Waals surface area contributed by atoms with E-state index in [1.54, 1.807) is 12.4 Å². The third-order valence-electron chi connectivity index (χ3n) is 2.25. The molecule has 0 N–H and O–H groups in total. The smallest absolute Gasteiger partial charge is 0.141 e. The Morgan fingerprint density at radius 3 is 1.94 bits per heavy atom. The molecule has 0 unspecified atom stereocenters. The fourth-order valence-corrected chi connectivity index (χ4v) is 1.55. The van der Waals surface area contributed by atoms with Gasteiger partial charge in [-0.3, -0.25) is 9.97 Å². The van der Waals surface area contributed by atoms with E-state index in [0.717, 1.165) is 11.4 Å². The monoisotopic (exact) mass is 214 g/mol. The van der Waals surface area contributed by atoms with Gasteiger partial charge in [0.05, 0.1) is 11.4 Å². The number of rotatable bonds is 4. The van der Waals surface area contributed by atoms with E-state index in [-0.39, 0.29) is 6.10 Å². The molecule has 0 bridgehead atoms. The number of nitrogens with zero attached hydrogens (tertiary/aromatic N) is 2. The summed E-state index contributed by atoms with van der Waals surface area (Å²) in [6.45, 7) is 2.61. The third-order valence-corrected chi connectivity index (χ3v) is 2.25. The lowest BCUT2D eigenvalue weighted by Gasteiger charge is -2.15. The minimum absolute atomic E-state index is 0.174. The van der Waals surface area contributed by atoms with Crippen LogP contribution in [0.4, 0.5) is 0 Å². The Morgan fingerprint density at radius 2 is 1.56 bits per heavy atom. The fraction of sp³-hybridized carbons (Fsp3) is 0.231. The second-order valence-electron chi connectivity index (χ2n) is 3.34. The molecule has 0 atom stereocenters. The SMILES string of the molecule is CCOC(c1ccccn1)c1ccccn1. The molecule has 0 fully saturated rings. The summed E-state index contributed by atoms with van der Waals surface area (Å²) in [5.41, 5.74) is 1.78. The lowest BCUT2D eigenvalue weighted by atomic mass is 10.1. The molecule has 0 aromatic carbocycles. The second kappa shape index (κ2) is 5.37. The second-order valence-corrected chi connectivity index (χ2v) is 3.34. The Kier molecular flexibility index (Phi) is 3.62. The minimum Gasteiger partial charge on any atom is -0.366 e. The maximum absolute atomic E-state index is 5.69. The summed E-state index contributed by atoms with van der Waals surface area (Å²) >= 11 is 0. The first-order chi connectivity index (χ1) is 7.92. The predicted octanol–water partition coefficient (Wildman–Crippen LogP) is 2.60. The molecule has 0 saturated heterocycles. The summed E-state index contributed by atoms with van der Waals surface area (Å²) in [7, 11) is 0. The van der Waals surface area contributed by atoms with Gasteiger partial charge in [0.2, 0.25) is 0 Å². The van der Waals surface area contributed by atoms with E-state index in [1.807, 2.05) is 43.3 Å². The molecule has 2 heterocycles. The highest BCUT2D eigenvalue weighted by molar-refractivity contribution is 5.19. The zero-order valence-electron chi connectivity index (χ0n) is 9.21. The Hall–Kier alpha value is -1.74. The van der Waals surface area contributed by atoms with Gasteiger partial charge in [0, 0.05) is 19.0 Å². The van der Waals surface area contributed by atoms with Crippen molar-refractivity contribution in [2.75, 3.05) is 6.61 Å². The van der Waals surface area contributed by atoms with Crippen molar-refractivity contribution in [1.82, 2.24) is 9.97 Å². The van der Waals surface area contributed by atoms with Gasteiger partial charge in [-0.05, 0) is 31.2 Å². The predicted molar refractivity (Wildman–Crippen MR) is 61.9 cm³/mol. The van der Waals surface area contributed by atoms with Crippen LogP contribution in [-0.4, -0.2) is 16.6 Å². The van der Waals surface area contributed by atoms with Crippen LogP contribution < -0.4 is 0 Å². The molecule has 0 amide bonds. The summed E-state index contributed by atoms with van der Waals surface area (Å²) in [4.78, 5) is 8.62. The fourth-order valence-electron chi connectivity index (χ4n) is 1.55. The first-order valence-corrected chi connectivity index (χ1v) is 5.35. The van der Waals surface area contributed by atoms with Crippen LogP contribution in [0.1, 0.15) is 24.4 Å². The summed E-state index contributed by atoms with van der Waals surface area (Å²) in [5.74, 6) is 0. The number of aromatic nitrogens is 2. The van der Waals surface area contributed by atoms with Crippen LogP contribution in [0.25, 0.3) is 0 Å². The molecule has 82 valence electrons. The van der Waals surface area contributed by atoms with Gasteiger partial charge >= 0.3 is 0 Å². The molecule has 2 rings (SSSR count). The lowest BCUT2D eigenvalue weighted by Crippen LogP contribution is -2.09. The highest BCUT2D eigenvalue weighted by Gasteiger charge is 2.15. The average molecular weight is 214 g/mol. The van der Waals surface area contributed by atoms with E-state index in [2.05, 4.69) is 9.97 Å². The first-order valence-electron chi connectivity index (χ1n) is 5.35. The Labute approximate surface area is 95.1 Å². The van der Waals surface area contributed by atoms with Crippen LogP contribution in [0, 0.1) is 0 Å². The molecule has 0 spiro atoms. The van der Waals surface area contributed by atoms with Gasteiger partial charge in [-0.1, -0.05) is 12.1 Å². The Balaban J connectivity index is 2.31. The molecule has 16 heavy (non-hydrogen) atoms. The number of pyridine rings is 2. The molecule has 0 aliphatic carbocycles. The van der Waals surface area contributed by atoms with Crippen LogP contribution in [0.2, 0.25) is 0 Å². The molecule has 3 heteroatoms. The lowest BCUT2D eigenvalue weighted by molar-refractivity contribution is 0.0854. The Bertz CT molecular complexity index is 377. The van der Waals surface area contributed by atoms with E-state index in [9.17, 15) is 0 Å². The normalized spacial score (nSPS) is 10.6. The van der Waals surface area contributed by atoms with Crippen molar-refractivity contribution in [3.05, 3.63) is 60.2 Å². The zero-order chi connectivity index (χ0) is 11.2. The average Bonchev–Trinajstić information content (AvgIpc) is 2.38. The Morgan fingerprint density at radius 1 is 1.00 bits per heavy atom. The van der Waals surface area contributed by atoms with Crippen LogP contribution in [-0.2, 0) is 4.74 Å². The maximum atomic E-state index is 5.69. The summed E-state index contributed by atoms with van der Waals surface area (Å²) < 4.78 is 5.69. The quantitative estimate of drug-likeness (QED) is 0.784. The molecule has 2 aromatic heterocycles. The van der Waals surface area contributed by atoms with E-state index >= 15 is 0 Å². The largest absolute Gasteiger partial charge is 0.366 e. The maximum Gasteiger partial charge on any atom is 0.141 e. The zero-order valence-corrected chi connectivity index (χ0v) is 9.21. The van der Waals surface area contributed by atoms with Crippen molar-refractivity contribution >= 4 is 0 Å². The van der Waals surface area contributed by atoms with Crippen LogP contribution in [0.3, 0.4) is 0 Å². The third kappa shape index (κ3) is 2.44. The summed E-state index contributed by atoms with van der Waals surface area (Å²) in [6, 6.07) is 11.6. The van der Waals surface area contributed by atoms with Gasteiger partial charge in [-0.2, -0.15) is 0 Å². The van der Waals surface area contributed by atoms with E-state index < -0.39 is 0 Å². The van der Waals surface area contributed by atoms with Gasteiger partial charge in [0.15, 0.2) is 0 Å². The van der Waals surface area contributed by atoms with E-state index in [4.69, 9.17) is 4.74 Å². The topological polar surface area (TPSA) is 35.0 Å². The van der Waals surface area contributed by atoms with Gasteiger partial charge in [-0.25, -0.2) is 0 Å². The van der Waals surface area contributed by atoms with Crippen molar-refractivity contribution < 1.29 is 4.74 Å². The van der Waals surface area contributed by atoms with Crippen LogP contribution >= 0.6 is 0 Å². The molecule has 3 nitrogen and oxygen atoms in total. The number of hydrogen-bond donors (Lipinski definition) is 0. The van der Waals surface area contributed by atoms with E-state index in [0.29, 0.717) is 6.61 Å². The van der Waals surface area contributed by atoms with Crippen LogP contribution in [0.15, 0.2) is 48.8 Å². The van der Waals surface area contributed by atoms with Crippen molar-refractivity contribution in [3.8, 4) is 0 Å². The van der Waals surface area contributed by atoms with Crippen molar-refractivity contribution in [1.29, 1.82) is 0 Å². The van der Waals surface area contributed by atoms with Crippen molar-refractivity contribution in [2.45, 2.75) is 13.0 Å².